The zero-order valence-corrected chi connectivity index (χ0v) is 8.63. The molecule has 0 radical (unpaired) electrons. The lowest BCUT2D eigenvalue weighted by atomic mass is 10.2. The molecule has 3 N–H and O–H groups in total. The van der Waals surface area contributed by atoms with Crippen LogP contribution in [-0.4, -0.2) is 23.1 Å². The Balaban J connectivity index is 2.33. The van der Waals surface area contributed by atoms with E-state index in [0.29, 0.717) is 0 Å². The van der Waals surface area contributed by atoms with Crippen LogP contribution in [0.4, 0.5) is 0 Å². The molecule has 1 atom stereocenters. The van der Waals surface area contributed by atoms with E-state index in [1.165, 1.54) is 0 Å². The Hall–Kier alpha value is -1.88. The summed E-state index contributed by atoms with van der Waals surface area (Å²) in [4.78, 5) is 21.5. The smallest absolute Gasteiger partial charge is 0.321 e. The summed E-state index contributed by atoms with van der Waals surface area (Å²) in [5, 5.41) is 8.48. The molecule has 0 bridgehead atoms. The van der Waals surface area contributed by atoms with Gasteiger partial charge in [0.1, 0.15) is 12.6 Å². The highest BCUT2D eigenvalue weighted by molar-refractivity contribution is 5.81. The maximum absolute atomic E-state index is 11.2. The third-order valence-corrected chi connectivity index (χ3v) is 1.95. The second-order valence-corrected chi connectivity index (χ2v) is 3.30. The first kappa shape index (κ1) is 12.2. The monoisotopic (exact) mass is 223 g/mol. The molecule has 0 fully saturated rings. The summed E-state index contributed by atoms with van der Waals surface area (Å²) in [6.07, 6.45) is -0.317. The van der Waals surface area contributed by atoms with Crippen LogP contribution in [0.2, 0.25) is 0 Å². The zero-order chi connectivity index (χ0) is 12.0. The van der Waals surface area contributed by atoms with E-state index in [1.807, 2.05) is 30.3 Å². The summed E-state index contributed by atoms with van der Waals surface area (Å²) in [6, 6.07) is 7.92. The molecule has 1 aromatic rings. The summed E-state index contributed by atoms with van der Waals surface area (Å²) in [5.41, 5.74) is 6.03. The average Bonchev–Trinajstić information content (AvgIpc) is 2.27. The first-order chi connectivity index (χ1) is 7.59. The lowest BCUT2D eigenvalue weighted by molar-refractivity contribution is -0.149. The fourth-order valence-electron chi connectivity index (χ4n) is 1.06. The van der Waals surface area contributed by atoms with E-state index in [1.54, 1.807) is 0 Å². The standard InChI is InChI=1S/C11H13NO4/c12-9(11(14)15)6-10(13)16-7-8-4-2-1-3-5-8/h1-5,9H,6-7,12H2,(H,14,15). The van der Waals surface area contributed by atoms with E-state index < -0.39 is 18.0 Å². The van der Waals surface area contributed by atoms with Crippen LogP contribution in [0, 0.1) is 0 Å². The number of hydrogen-bond donors (Lipinski definition) is 2. The number of nitrogens with two attached hydrogens (primary N) is 1. The van der Waals surface area contributed by atoms with Crippen molar-refractivity contribution in [3.8, 4) is 0 Å². The van der Waals surface area contributed by atoms with E-state index in [9.17, 15) is 9.59 Å². The summed E-state index contributed by atoms with van der Waals surface area (Å²) >= 11 is 0. The van der Waals surface area contributed by atoms with Gasteiger partial charge in [0, 0.05) is 0 Å². The molecule has 5 nitrogen and oxygen atoms in total. The van der Waals surface area contributed by atoms with Crippen LogP contribution >= 0.6 is 0 Å². The number of esters is 1. The summed E-state index contributed by atoms with van der Waals surface area (Å²) in [6.45, 7) is 0.131. The van der Waals surface area contributed by atoms with Gasteiger partial charge in [-0.3, -0.25) is 9.59 Å². The highest BCUT2D eigenvalue weighted by Gasteiger charge is 2.17. The summed E-state index contributed by atoms with van der Waals surface area (Å²) in [5.74, 6) is -1.82. The van der Waals surface area contributed by atoms with E-state index >= 15 is 0 Å². The third kappa shape index (κ3) is 4.10. The normalized spacial score (nSPS) is 11.8. The van der Waals surface area contributed by atoms with E-state index in [2.05, 4.69) is 0 Å². The van der Waals surface area contributed by atoms with Crippen molar-refractivity contribution in [2.45, 2.75) is 19.1 Å². The van der Waals surface area contributed by atoms with Crippen LogP contribution in [0.1, 0.15) is 12.0 Å². The Kier molecular flexibility index (Phi) is 4.47. The molecule has 1 unspecified atom stereocenters. The Morgan fingerprint density at radius 2 is 1.94 bits per heavy atom. The first-order valence-electron chi connectivity index (χ1n) is 4.77. The average molecular weight is 223 g/mol. The number of hydrogen-bond acceptors (Lipinski definition) is 4. The van der Waals surface area contributed by atoms with Crippen molar-refractivity contribution in [1.82, 2.24) is 0 Å². The van der Waals surface area contributed by atoms with Gasteiger partial charge in [-0.15, -0.1) is 0 Å². The molecule has 0 amide bonds. The van der Waals surface area contributed by atoms with Gasteiger partial charge in [0.15, 0.2) is 0 Å². The number of aliphatic carboxylic acids is 1. The van der Waals surface area contributed by atoms with Gasteiger partial charge in [-0.2, -0.15) is 0 Å². The van der Waals surface area contributed by atoms with Crippen LogP contribution in [0.15, 0.2) is 30.3 Å². The van der Waals surface area contributed by atoms with Crippen LogP contribution in [0.25, 0.3) is 0 Å². The third-order valence-electron chi connectivity index (χ3n) is 1.95. The molecular weight excluding hydrogens is 210 g/mol. The maximum atomic E-state index is 11.2. The van der Waals surface area contributed by atoms with Crippen molar-refractivity contribution >= 4 is 11.9 Å². The highest BCUT2D eigenvalue weighted by atomic mass is 16.5. The summed E-state index contributed by atoms with van der Waals surface area (Å²) in [7, 11) is 0. The number of carboxylic acids is 1. The Morgan fingerprint density at radius 1 is 1.31 bits per heavy atom. The number of rotatable bonds is 5. The van der Waals surface area contributed by atoms with Crippen LogP contribution < -0.4 is 5.73 Å². The van der Waals surface area contributed by atoms with Gasteiger partial charge in [-0.05, 0) is 5.56 Å². The number of carbonyl (C=O) groups excluding carboxylic acids is 1. The van der Waals surface area contributed by atoms with Gasteiger partial charge in [-0.25, -0.2) is 0 Å². The topological polar surface area (TPSA) is 89.6 Å². The fraction of sp³-hybridized carbons (Fsp3) is 0.273. The predicted octanol–water partition coefficient (Wildman–Crippen LogP) is 0.532. The molecule has 0 aromatic heterocycles. The molecule has 0 saturated heterocycles. The molecule has 1 rings (SSSR count). The number of carbonyl (C=O) groups is 2. The molecule has 0 spiro atoms. The van der Waals surface area contributed by atoms with Crippen LogP contribution in [-0.2, 0) is 20.9 Å². The van der Waals surface area contributed by atoms with Gasteiger partial charge in [0.25, 0.3) is 0 Å². The molecule has 0 aliphatic heterocycles. The molecule has 86 valence electrons. The van der Waals surface area contributed by atoms with Crippen LogP contribution in [0.5, 0.6) is 0 Å². The molecule has 0 aliphatic rings. The Labute approximate surface area is 92.8 Å². The molecule has 0 aliphatic carbocycles. The van der Waals surface area contributed by atoms with Gasteiger partial charge in [0.05, 0.1) is 6.42 Å². The minimum atomic E-state index is -1.21. The minimum Gasteiger partial charge on any atom is -0.480 e. The van der Waals surface area contributed by atoms with E-state index in [4.69, 9.17) is 15.6 Å². The van der Waals surface area contributed by atoms with Crippen LogP contribution in [0.3, 0.4) is 0 Å². The summed E-state index contributed by atoms with van der Waals surface area (Å²) < 4.78 is 4.87. The van der Waals surface area contributed by atoms with Gasteiger partial charge < -0.3 is 15.6 Å². The number of carboxylic acid groups (broad SMARTS) is 1. The van der Waals surface area contributed by atoms with Gasteiger partial charge in [-0.1, -0.05) is 30.3 Å². The molecule has 1 aromatic carbocycles. The maximum Gasteiger partial charge on any atom is 0.321 e. The molecule has 5 heteroatoms. The van der Waals surface area contributed by atoms with E-state index in [-0.39, 0.29) is 13.0 Å². The Morgan fingerprint density at radius 3 is 2.50 bits per heavy atom. The van der Waals surface area contributed by atoms with Crippen molar-refractivity contribution in [3.05, 3.63) is 35.9 Å². The Bertz CT molecular complexity index is 364. The largest absolute Gasteiger partial charge is 0.480 e. The second-order valence-electron chi connectivity index (χ2n) is 3.30. The minimum absolute atomic E-state index is 0.131. The number of benzene rings is 1. The molecular formula is C11H13NO4. The lowest BCUT2D eigenvalue weighted by Gasteiger charge is -2.07. The number of ether oxygens (including phenoxy) is 1. The second kappa shape index (κ2) is 5.87. The first-order valence-corrected chi connectivity index (χ1v) is 4.77. The molecule has 16 heavy (non-hydrogen) atoms. The van der Waals surface area contributed by atoms with E-state index in [0.717, 1.165) is 5.56 Å². The SMILES string of the molecule is NC(CC(=O)OCc1ccccc1)C(=O)O. The highest BCUT2D eigenvalue weighted by Crippen LogP contribution is 2.02. The molecule has 0 saturated carbocycles. The van der Waals surface area contributed by atoms with Crippen molar-refractivity contribution in [3.63, 3.8) is 0 Å². The van der Waals surface area contributed by atoms with Crippen molar-refractivity contribution < 1.29 is 19.4 Å². The van der Waals surface area contributed by atoms with Crippen molar-refractivity contribution in [2.75, 3.05) is 0 Å². The zero-order valence-electron chi connectivity index (χ0n) is 8.63. The van der Waals surface area contributed by atoms with Gasteiger partial charge >= 0.3 is 11.9 Å². The van der Waals surface area contributed by atoms with Crippen molar-refractivity contribution in [2.24, 2.45) is 5.73 Å². The fourth-order valence-corrected chi connectivity index (χ4v) is 1.06. The molecule has 0 heterocycles. The predicted molar refractivity (Wildman–Crippen MR) is 56.5 cm³/mol. The van der Waals surface area contributed by atoms with Crippen molar-refractivity contribution in [1.29, 1.82) is 0 Å². The van der Waals surface area contributed by atoms with Gasteiger partial charge in [0.2, 0.25) is 0 Å². The lowest BCUT2D eigenvalue weighted by Crippen LogP contribution is -2.33. The quantitative estimate of drug-likeness (QED) is 0.711.